The second-order valence-electron chi connectivity index (χ2n) is 9.27. The molecule has 0 bridgehead atoms. The van der Waals surface area contributed by atoms with E-state index in [9.17, 15) is 9.59 Å². The smallest absolute Gasteiger partial charge is 0.418 e. The molecule has 0 spiro atoms. The molecule has 2 heterocycles. The van der Waals surface area contributed by atoms with Crippen molar-refractivity contribution >= 4 is 18.0 Å². The Hall–Kier alpha value is -3.81. The van der Waals surface area contributed by atoms with Gasteiger partial charge in [0.2, 0.25) is 0 Å². The van der Waals surface area contributed by atoms with Crippen molar-refractivity contribution in [3.8, 4) is 11.4 Å². The molecule has 8 heteroatoms. The van der Waals surface area contributed by atoms with Gasteiger partial charge in [-0.3, -0.25) is 5.32 Å². The van der Waals surface area contributed by atoms with Crippen LogP contribution in [0, 0.1) is 0 Å². The number of carbonyl (C=O) groups is 2. The molecule has 0 radical (unpaired) electrons. The van der Waals surface area contributed by atoms with Crippen molar-refractivity contribution in [1.29, 1.82) is 0 Å². The molecule has 2 amide bonds. The van der Waals surface area contributed by atoms with Crippen LogP contribution in [-0.4, -0.2) is 45.6 Å². The summed E-state index contributed by atoms with van der Waals surface area (Å²) in [4.78, 5) is 26.7. The van der Waals surface area contributed by atoms with Gasteiger partial charge in [0.1, 0.15) is 17.2 Å². The number of hydrogen-bond donors (Lipinski definition) is 1. The van der Waals surface area contributed by atoms with Gasteiger partial charge in [0.25, 0.3) is 0 Å². The Kier molecular flexibility index (Phi) is 6.86. The predicted octanol–water partition coefficient (Wildman–Crippen LogP) is 5.60. The maximum absolute atomic E-state index is 12.6. The summed E-state index contributed by atoms with van der Waals surface area (Å²) >= 11 is 0. The summed E-state index contributed by atoms with van der Waals surface area (Å²) < 4.78 is 12.6. The molecule has 1 N–H and O–H groups in total. The van der Waals surface area contributed by atoms with Crippen molar-refractivity contribution in [2.45, 2.75) is 45.1 Å². The van der Waals surface area contributed by atoms with Gasteiger partial charge < -0.3 is 14.4 Å². The van der Waals surface area contributed by atoms with E-state index in [2.05, 4.69) is 5.32 Å². The maximum Gasteiger partial charge on any atom is 0.418 e. The minimum absolute atomic E-state index is 0.161. The Morgan fingerprint density at radius 1 is 0.971 bits per heavy atom. The van der Waals surface area contributed by atoms with Gasteiger partial charge in [-0.15, -0.1) is 0 Å². The highest BCUT2D eigenvalue weighted by Crippen LogP contribution is 2.31. The van der Waals surface area contributed by atoms with Crippen LogP contribution in [0.3, 0.4) is 0 Å². The molecule has 8 nitrogen and oxygen atoms in total. The zero-order valence-electron chi connectivity index (χ0n) is 19.7. The van der Waals surface area contributed by atoms with Crippen LogP contribution in [0.2, 0.25) is 0 Å². The molecule has 1 fully saturated rings. The summed E-state index contributed by atoms with van der Waals surface area (Å²) in [5.74, 6) is 1.14. The van der Waals surface area contributed by atoms with Crippen LogP contribution < -0.4 is 10.1 Å². The number of para-hydroxylation sites is 2. The molecule has 0 aliphatic carbocycles. The second kappa shape index (κ2) is 9.99. The number of likely N-dealkylation sites (tertiary alicyclic amines) is 1. The van der Waals surface area contributed by atoms with Gasteiger partial charge in [-0.2, -0.15) is 5.10 Å². The molecule has 3 aromatic rings. The number of piperidine rings is 1. The number of anilines is 1. The third-order valence-electron chi connectivity index (χ3n) is 5.48. The molecular formula is C26H30N4O4. The Labute approximate surface area is 199 Å². The molecule has 1 saturated heterocycles. The monoisotopic (exact) mass is 462 g/mol. The molecular weight excluding hydrogens is 432 g/mol. The van der Waals surface area contributed by atoms with Crippen LogP contribution in [0.5, 0.6) is 5.75 Å². The summed E-state index contributed by atoms with van der Waals surface area (Å²) in [5.41, 5.74) is 1.18. The summed E-state index contributed by atoms with van der Waals surface area (Å²) in [7, 11) is 0. The fourth-order valence-electron chi connectivity index (χ4n) is 3.86. The third-order valence-corrected chi connectivity index (χ3v) is 5.48. The van der Waals surface area contributed by atoms with Gasteiger partial charge in [-0.05, 0) is 57.9 Å². The fourth-order valence-corrected chi connectivity index (χ4v) is 3.86. The molecule has 1 aliphatic rings. The van der Waals surface area contributed by atoms with E-state index in [0.717, 1.165) is 24.2 Å². The van der Waals surface area contributed by atoms with E-state index in [1.54, 1.807) is 33.8 Å². The third kappa shape index (κ3) is 5.95. The summed E-state index contributed by atoms with van der Waals surface area (Å²) in [5, 5.41) is 7.63. The minimum Gasteiger partial charge on any atom is -0.444 e. The number of benzene rings is 2. The van der Waals surface area contributed by atoms with Gasteiger partial charge in [0.05, 0.1) is 11.4 Å². The summed E-state index contributed by atoms with van der Waals surface area (Å²) in [6, 6.07) is 20.4. The number of hydrogen-bond acceptors (Lipinski definition) is 5. The van der Waals surface area contributed by atoms with Gasteiger partial charge in [0.15, 0.2) is 0 Å². The van der Waals surface area contributed by atoms with Crippen molar-refractivity contribution in [2.75, 3.05) is 18.4 Å². The summed E-state index contributed by atoms with van der Waals surface area (Å²) in [6.07, 6.45) is 0.652. The largest absolute Gasteiger partial charge is 0.444 e. The number of carbonyl (C=O) groups excluding carboxylic acids is 2. The highest BCUT2D eigenvalue weighted by atomic mass is 16.6. The fraction of sp³-hybridized carbons (Fsp3) is 0.346. The minimum atomic E-state index is -0.588. The highest BCUT2D eigenvalue weighted by Gasteiger charge is 2.29. The molecule has 4 rings (SSSR count). The van der Waals surface area contributed by atoms with Crippen LogP contribution in [0.25, 0.3) is 5.69 Å². The Morgan fingerprint density at radius 3 is 2.21 bits per heavy atom. The average Bonchev–Trinajstić information content (AvgIpc) is 3.23. The lowest BCUT2D eigenvalue weighted by Gasteiger charge is -2.32. The standard InChI is InChI=1S/C26H30N4O4/c1-26(2,3)34-25(32)29-16-14-19(15-17-29)22-18-23(30(28-22)20-10-6-4-7-11-20)27-24(31)33-21-12-8-5-9-13-21/h4-13,18-19H,14-17H2,1-3H3,(H,27,31). The van der Waals surface area contributed by atoms with E-state index >= 15 is 0 Å². The van der Waals surface area contributed by atoms with E-state index in [1.807, 2.05) is 63.2 Å². The number of nitrogens with zero attached hydrogens (tertiary/aromatic N) is 3. The first kappa shape index (κ1) is 23.4. The number of nitrogens with one attached hydrogen (secondary N) is 1. The van der Waals surface area contributed by atoms with Gasteiger partial charge in [0, 0.05) is 25.1 Å². The summed E-state index contributed by atoms with van der Waals surface area (Å²) in [6.45, 7) is 6.79. The van der Waals surface area contributed by atoms with E-state index in [-0.39, 0.29) is 12.0 Å². The normalized spacial score (nSPS) is 14.5. The van der Waals surface area contributed by atoms with Crippen molar-refractivity contribution < 1.29 is 19.1 Å². The Balaban J connectivity index is 1.49. The number of ether oxygens (including phenoxy) is 2. The van der Waals surface area contributed by atoms with Crippen LogP contribution in [0.4, 0.5) is 15.4 Å². The van der Waals surface area contributed by atoms with E-state index in [0.29, 0.717) is 24.7 Å². The molecule has 178 valence electrons. The van der Waals surface area contributed by atoms with Crippen molar-refractivity contribution in [3.05, 3.63) is 72.4 Å². The molecule has 1 aliphatic heterocycles. The molecule has 0 saturated carbocycles. The van der Waals surface area contributed by atoms with Crippen LogP contribution >= 0.6 is 0 Å². The van der Waals surface area contributed by atoms with Gasteiger partial charge in [-0.1, -0.05) is 36.4 Å². The molecule has 0 unspecified atom stereocenters. The first-order valence-electron chi connectivity index (χ1n) is 11.5. The molecule has 2 aromatic carbocycles. The second-order valence-corrected chi connectivity index (χ2v) is 9.27. The van der Waals surface area contributed by atoms with Crippen molar-refractivity contribution in [1.82, 2.24) is 14.7 Å². The highest BCUT2D eigenvalue weighted by molar-refractivity contribution is 5.85. The van der Waals surface area contributed by atoms with Gasteiger partial charge in [-0.25, -0.2) is 14.3 Å². The Bertz CT molecular complexity index is 1110. The lowest BCUT2D eigenvalue weighted by atomic mass is 9.94. The lowest BCUT2D eigenvalue weighted by molar-refractivity contribution is 0.0204. The van der Waals surface area contributed by atoms with Gasteiger partial charge >= 0.3 is 12.2 Å². The Morgan fingerprint density at radius 2 is 1.59 bits per heavy atom. The molecule has 34 heavy (non-hydrogen) atoms. The maximum atomic E-state index is 12.6. The quantitative estimate of drug-likeness (QED) is 0.546. The number of amides is 2. The lowest BCUT2D eigenvalue weighted by Crippen LogP contribution is -2.41. The zero-order chi connectivity index (χ0) is 24.1. The SMILES string of the molecule is CC(C)(C)OC(=O)N1CCC(c2cc(NC(=O)Oc3ccccc3)n(-c3ccccc3)n2)CC1. The first-order valence-corrected chi connectivity index (χ1v) is 11.5. The molecule has 0 atom stereocenters. The van der Waals surface area contributed by atoms with Crippen molar-refractivity contribution in [2.24, 2.45) is 0 Å². The predicted molar refractivity (Wildman–Crippen MR) is 129 cm³/mol. The first-order chi connectivity index (χ1) is 16.3. The van der Waals surface area contributed by atoms with E-state index in [4.69, 9.17) is 14.6 Å². The van der Waals surface area contributed by atoms with E-state index in [1.165, 1.54) is 0 Å². The number of rotatable bonds is 4. The number of aromatic nitrogens is 2. The van der Waals surface area contributed by atoms with Crippen LogP contribution in [0.1, 0.15) is 45.2 Å². The van der Waals surface area contributed by atoms with Crippen molar-refractivity contribution in [3.63, 3.8) is 0 Å². The zero-order valence-corrected chi connectivity index (χ0v) is 19.7. The van der Waals surface area contributed by atoms with E-state index < -0.39 is 11.7 Å². The molecule has 1 aromatic heterocycles. The average molecular weight is 463 g/mol. The van der Waals surface area contributed by atoms with Crippen LogP contribution in [-0.2, 0) is 4.74 Å². The van der Waals surface area contributed by atoms with Crippen LogP contribution in [0.15, 0.2) is 66.7 Å². The topological polar surface area (TPSA) is 85.7 Å².